The predicted octanol–water partition coefficient (Wildman–Crippen LogP) is -0.609. The summed E-state index contributed by atoms with van der Waals surface area (Å²) in [5.74, 6) is -0.788. The number of ether oxygens (including phenoxy) is 4. The zero-order valence-corrected chi connectivity index (χ0v) is 22.8. The van der Waals surface area contributed by atoms with Gasteiger partial charge in [0.15, 0.2) is 18.7 Å². The third-order valence-corrected chi connectivity index (χ3v) is 6.27. The van der Waals surface area contributed by atoms with Crippen LogP contribution in [0, 0.1) is 0 Å². The van der Waals surface area contributed by atoms with Crippen molar-refractivity contribution in [3.8, 4) is 11.5 Å². The second kappa shape index (κ2) is 16.2. The van der Waals surface area contributed by atoms with Crippen LogP contribution in [0.25, 0.3) is 0 Å². The summed E-state index contributed by atoms with van der Waals surface area (Å²) >= 11 is 0. The molecule has 0 spiro atoms. The number of rotatable bonds is 14. The Morgan fingerprint density at radius 2 is 1.52 bits per heavy atom. The maximum atomic E-state index is 11.6. The van der Waals surface area contributed by atoms with Crippen LogP contribution in [0.4, 0.5) is 0 Å². The van der Waals surface area contributed by atoms with Gasteiger partial charge >= 0.3 is 5.97 Å². The van der Waals surface area contributed by atoms with Gasteiger partial charge in [0.05, 0.1) is 32.5 Å². The van der Waals surface area contributed by atoms with E-state index in [1.165, 1.54) is 18.3 Å². The Morgan fingerprint density at radius 3 is 2.05 bits per heavy atom. The highest BCUT2D eigenvalue weighted by Gasteiger charge is 2.48. The predicted molar refractivity (Wildman–Crippen MR) is 147 cm³/mol. The molecule has 0 radical (unpaired) electrons. The number of carbonyl (C=O) groups excluding carboxylic acids is 1. The van der Waals surface area contributed by atoms with Crippen molar-refractivity contribution >= 4 is 18.4 Å². The number of aliphatic hydroxyl groups excluding tert-OH is 5. The van der Waals surface area contributed by atoms with E-state index >= 15 is 0 Å². The lowest BCUT2D eigenvalue weighted by molar-refractivity contribution is -0.315. The van der Waals surface area contributed by atoms with Gasteiger partial charge in [0.25, 0.3) is 0 Å². The molecule has 14 heteroatoms. The molecule has 230 valence electrons. The van der Waals surface area contributed by atoms with Crippen molar-refractivity contribution in [3.05, 3.63) is 59.7 Å². The summed E-state index contributed by atoms with van der Waals surface area (Å²) in [6.45, 7) is -0.338. The molecule has 0 bridgehead atoms. The van der Waals surface area contributed by atoms with Gasteiger partial charge in [-0.25, -0.2) is 0 Å². The molecule has 1 saturated heterocycles. The number of aromatic hydroxyl groups is 2. The molecule has 0 aliphatic carbocycles. The highest BCUT2D eigenvalue weighted by molar-refractivity contribution is 5.66. The van der Waals surface area contributed by atoms with E-state index in [1.807, 2.05) is 0 Å². The first-order valence-electron chi connectivity index (χ1n) is 13.1. The summed E-state index contributed by atoms with van der Waals surface area (Å²) in [7, 11) is 0. The fourth-order valence-electron chi connectivity index (χ4n) is 4.09. The van der Waals surface area contributed by atoms with Gasteiger partial charge in [0, 0.05) is 24.3 Å². The lowest BCUT2D eigenvalue weighted by Crippen LogP contribution is -2.61. The van der Waals surface area contributed by atoms with Crippen molar-refractivity contribution in [1.82, 2.24) is 0 Å². The van der Waals surface area contributed by atoms with E-state index in [4.69, 9.17) is 18.9 Å². The number of phenols is 2. The maximum Gasteiger partial charge on any atom is 0.303 e. The number of hydrogen-bond donors (Lipinski definition) is 7. The zero-order valence-electron chi connectivity index (χ0n) is 22.8. The number of nitrogens with zero attached hydrogens (tertiary/aromatic N) is 2. The second-order valence-electron chi connectivity index (χ2n) is 9.37. The van der Waals surface area contributed by atoms with Crippen LogP contribution in [0.3, 0.4) is 0 Å². The van der Waals surface area contributed by atoms with E-state index < -0.39 is 68.4 Å². The minimum absolute atomic E-state index is 0.00630. The van der Waals surface area contributed by atoms with E-state index in [1.54, 1.807) is 36.4 Å². The molecule has 1 aliphatic rings. The number of para-hydroxylation sites is 2. The summed E-state index contributed by atoms with van der Waals surface area (Å²) in [6.07, 6.45) is -9.79. The number of esters is 1. The third-order valence-electron chi connectivity index (χ3n) is 6.27. The van der Waals surface area contributed by atoms with Crippen molar-refractivity contribution in [2.45, 2.75) is 69.2 Å². The van der Waals surface area contributed by atoms with Crippen molar-refractivity contribution in [2.75, 3.05) is 13.2 Å². The van der Waals surface area contributed by atoms with E-state index in [9.17, 15) is 40.5 Å². The number of carbonyl (C=O) groups is 1. The summed E-state index contributed by atoms with van der Waals surface area (Å²) in [5.41, 5.74) is 0.973. The minimum Gasteiger partial charge on any atom is -0.508 e. The summed E-state index contributed by atoms with van der Waals surface area (Å²) in [4.78, 5) is 19.8. The smallest absolute Gasteiger partial charge is 0.303 e. The van der Waals surface area contributed by atoms with Gasteiger partial charge in [-0.1, -0.05) is 36.4 Å². The Bertz CT molecular complexity index is 1190. The van der Waals surface area contributed by atoms with Crippen LogP contribution in [0.5, 0.6) is 11.5 Å². The van der Waals surface area contributed by atoms with Crippen LogP contribution in [-0.4, -0.2) is 117 Å². The Morgan fingerprint density at radius 1 is 0.952 bits per heavy atom. The van der Waals surface area contributed by atoms with Gasteiger partial charge in [0.2, 0.25) is 0 Å². The van der Waals surface area contributed by atoms with Gasteiger partial charge in [-0.3, -0.25) is 14.8 Å². The van der Waals surface area contributed by atoms with Crippen molar-refractivity contribution in [2.24, 2.45) is 9.98 Å². The lowest BCUT2D eigenvalue weighted by Gasteiger charge is -2.42. The molecular weight excluding hydrogens is 556 g/mol. The van der Waals surface area contributed by atoms with Crippen LogP contribution >= 0.6 is 0 Å². The van der Waals surface area contributed by atoms with Crippen molar-refractivity contribution < 1.29 is 59.5 Å². The van der Waals surface area contributed by atoms with Crippen LogP contribution < -0.4 is 0 Å². The fraction of sp³-hybridized carbons (Fsp3) is 0.464. The molecule has 1 heterocycles. The molecule has 0 amide bonds. The van der Waals surface area contributed by atoms with Crippen LogP contribution in [-0.2, 0) is 36.8 Å². The zero-order chi connectivity index (χ0) is 30.6. The molecule has 8 unspecified atom stereocenters. The average Bonchev–Trinajstić information content (AvgIpc) is 2.96. The SMILES string of the molecule is CC(=O)OC1C(O)C(CO)OC(OC(C=NCc2ccccc2O)C(CO)OC(O)C=NCc2ccccc2O)C1O. The third kappa shape index (κ3) is 9.27. The fourth-order valence-corrected chi connectivity index (χ4v) is 4.09. The monoisotopic (exact) mass is 592 g/mol. The molecule has 42 heavy (non-hydrogen) atoms. The molecule has 1 aliphatic heterocycles. The largest absolute Gasteiger partial charge is 0.508 e. The van der Waals surface area contributed by atoms with Gasteiger partial charge in [0.1, 0.15) is 42.0 Å². The Labute approximate surface area is 241 Å². The molecule has 7 N–H and O–H groups in total. The first-order chi connectivity index (χ1) is 20.1. The minimum atomic E-state index is -1.73. The number of benzene rings is 2. The van der Waals surface area contributed by atoms with Gasteiger partial charge < -0.3 is 54.7 Å². The van der Waals surface area contributed by atoms with Gasteiger partial charge in [-0.15, -0.1) is 0 Å². The van der Waals surface area contributed by atoms with E-state index in [-0.39, 0.29) is 24.6 Å². The van der Waals surface area contributed by atoms with E-state index in [0.717, 1.165) is 13.1 Å². The average molecular weight is 593 g/mol. The van der Waals surface area contributed by atoms with Crippen LogP contribution in [0.1, 0.15) is 18.1 Å². The number of aliphatic imine (C=N–C) groups is 2. The first-order valence-corrected chi connectivity index (χ1v) is 13.1. The molecule has 2 aromatic carbocycles. The Hall–Kier alpha value is -3.47. The topological polar surface area (TPSA) is 220 Å². The number of phenolic OH excluding ortho intramolecular Hbond substituents is 2. The van der Waals surface area contributed by atoms with E-state index in [0.29, 0.717) is 11.1 Å². The summed E-state index contributed by atoms with van der Waals surface area (Å²) in [5, 5.41) is 71.3. The summed E-state index contributed by atoms with van der Waals surface area (Å²) in [6, 6.07) is 13.0. The molecule has 8 atom stereocenters. The summed E-state index contributed by atoms with van der Waals surface area (Å²) < 4.78 is 21.9. The lowest BCUT2D eigenvalue weighted by atomic mass is 9.99. The highest BCUT2D eigenvalue weighted by atomic mass is 16.7. The molecule has 2 aromatic rings. The molecular formula is C28H36N2O12. The van der Waals surface area contributed by atoms with Gasteiger partial charge in [-0.2, -0.15) is 0 Å². The molecule has 0 aromatic heterocycles. The molecule has 14 nitrogen and oxygen atoms in total. The van der Waals surface area contributed by atoms with Gasteiger partial charge in [-0.05, 0) is 12.1 Å². The first kappa shape index (κ1) is 33.0. The number of hydrogen-bond acceptors (Lipinski definition) is 14. The molecule has 0 saturated carbocycles. The highest BCUT2D eigenvalue weighted by Crippen LogP contribution is 2.26. The standard InChI is InChI=1S/C28H36N2O12/c1-16(33)39-27-25(37)23(15-32)42-28(26(27)38)41-21(12-29-10-17-6-2-4-8-19(17)34)22(14-31)40-24(36)13-30-11-18-7-3-5-9-20(18)35/h2-9,12-13,21-28,31-32,34-38H,10-11,14-15H2,1H3. The molecule has 1 fully saturated rings. The van der Waals surface area contributed by atoms with E-state index in [2.05, 4.69) is 9.98 Å². The number of aliphatic hydroxyl groups is 5. The quantitative estimate of drug-likeness (QED) is 0.0830. The van der Waals surface area contributed by atoms with Crippen molar-refractivity contribution in [1.29, 1.82) is 0 Å². The maximum absolute atomic E-state index is 11.6. The Kier molecular flexibility index (Phi) is 12.8. The van der Waals surface area contributed by atoms with Crippen LogP contribution in [0.15, 0.2) is 58.5 Å². The molecule has 3 rings (SSSR count). The Balaban J connectivity index is 1.79. The normalized spacial score (nSPS) is 25.0. The van der Waals surface area contributed by atoms with Crippen molar-refractivity contribution in [3.63, 3.8) is 0 Å². The van der Waals surface area contributed by atoms with Crippen LogP contribution in [0.2, 0.25) is 0 Å². The second-order valence-corrected chi connectivity index (χ2v) is 9.37.